The first kappa shape index (κ1) is 12.0. The number of hydrogen-bond donors (Lipinski definition) is 3. The molecule has 5 nitrogen and oxygen atoms in total. The lowest BCUT2D eigenvalue weighted by Gasteiger charge is -2.16. The molecule has 0 bridgehead atoms. The molecule has 2 aromatic rings. The van der Waals surface area contributed by atoms with Crippen LogP contribution < -0.4 is 17.0 Å². The largest absolute Gasteiger partial charge is 0.383 e. The Labute approximate surface area is 107 Å². The Bertz CT molecular complexity index is 499. The highest BCUT2D eigenvalue weighted by atomic mass is 79.9. The number of anilines is 1. The van der Waals surface area contributed by atoms with E-state index in [0.29, 0.717) is 5.82 Å². The minimum absolute atomic E-state index is 0.267. The molecule has 17 heavy (non-hydrogen) atoms. The molecule has 5 N–H and O–H groups in total. The number of pyridine rings is 2. The molecule has 0 aliphatic heterocycles. The van der Waals surface area contributed by atoms with Gasteiger partial charge in [-0.05, 0) is 34.1 Å². The monoisotopic (exact) mass is 293 g/mol. The average molecular weight is 294 g/mol. The molecule has 6 heteroatoms. The Balaban J connectivity index is 2.40. The van der Waals surface area contributed by atoms with Crippen LogP contribution in [-0.2, 0) is 0 Å². The van der Waals surface area contributed by atoms with Crippen LogP contribution >= 0.6 is 15.9 Å². The zero-order valence-corrected chi connectivity index (χ0v) is 10.6. The van der Waals surface area contributed by atoms with Gasteiger partial charge in [0.25, 0.3) is 0 Å². The molecule has 2 heterocycles. The lowest BCUT2D eigenvalue weighted by molar-refractivity contribution is 0.620. The average Bonchev–Trinajstić information content (AvgIpc) is 2.35. The number of aromatic nitrogens is 2. The maximum absolute atomic E-state index is 5.82. The van der Waals surface area contributed by atoms with Crippen molar-refractivity contribution in [3.05, 3.63) is 52.4 Å². The van der Waals surface area contributed by atoms with Gasteiger partial charge in [0.15, 0.2) is 0 Å². The zero-order valence-electron chi connectivity index (χ0n) is 8.97. The quantitative estimate of drug-likeness (QED) is 0.587. The predicted octanol–water partition coefficient (Wildman–Crippen LogP) is 1.37. The van der Waals surface area contributed by atoms with Gasteiger partial charge in [-0.2, -0.15) is 0 Å². The van der Waals surface area contributed by atoms with Gasteiger partial charge in [-0.15, -0.1) is 0 Å². The molecule has 0 aliphatic rings. The summed E-state index contributed by atoms with van der Waals surface area (Å²) in [5.41, 5.74) is 10.1. The van der Waals surface area contributed by atoms with Gasteiger partial charge in [0, 0.05) is 22.4 Å². The van der Waals surface area contributed by atoms with Gasteiger partial charge in [0.1, 0.15) is 5.82 Å². The first-order valence-electron chi connectivity index (χ1n) is 5.00. The van der Waals surface area contributed by atoms with Gasteiger partial charge in [-0.25, -0.2) is 10.4 Å². The minimum Gasteiger partial charge on any atom is -0.383 e. The molecule has 0 aromatic carbocycles. The summed E-state index contributed by atoms with van der Waals surface area (Å²) in [5.74, 6) is 6.00. The van der Waals surface area contributed by atoms with E-state index in [1.165, 1.54) is 0 Å². The number of nitrogens with zero attached hydrogens (tertiary/aromatic N) is 2. The van der Waals surface area contributed by atoms with Gasteiger partial charge in [0.2, 0.25) is 0 Å². The van der Waals surface area contributed by atoms with Crippen molar-refractivity contribution in [1.82, 2.24) is 15.4 Å². The van der Waals surface area contributed by atoms with E-state index in [-0.39, 0.29) is 6.04 Å². The van der Waals surface area contributed by atoms with Crippen molar-refractivity contribution in [3.8, 4) is 0 Å². The Kier molecular flexibility index (Phi) is 3.68. The van der Waals surface area contributed by atoms with Gasteiger partial charge >= 0.3 is 0 Å². The predicted molar refractivity (Wildman–Crippen MR) is 69.8 cm³/mol. The molecule has 1 atom stereocenters. The normalized spacial score (nSPS) is 12.4. The molecule has 88 valence electrons. The van der Waals surface area contributed by atoms with Crippen LogP contribution in [0, 0.1) is 0 Å². The van der Waals surface area contributed by atoms with Crippen molar-refractivity contribution in [2.75, 3.05) is 5.73 Å². The Morgan fingerprint density at radius 1 is 1.24 bits per heavy atom. The smallest absolute Gasteiger partial charge is 0.128 e. The second kappa shape index (κ2) is 5.22. The van der Waals surface area contributed by atoms with Crippen LogP contribution in [-0.4, -0.2) is 9.97 Å². The molecule has 0 amide bonds. The molecule has 1 unspecified atom stereocenters. The number of rotatable bonds is 3. The first-order chi connectivity index (χ1) is 8.22. The molecule has 2 aromatic heterocycles. The fraction of sp³-hybridized carbons (Fsp3) is 0.0909. The summed E-state index contributed by atoms with van der Waals surface area (Å²) < 4.78 is 0.913. The van der Waals surface area contributed by atoms with Crippen LogP contribution in [0.1, 0.15) is 17.3 Å². The van der Waals surface area contributed by atoms with Crippen LogP contribution in [0.25, 0.3) is 0 Å². The summed E-state index contributed by atoms with van der Waals surface area (Å²) in [6.07, 6.45) is 3.35. The van der Waals surface area contributed by atoms with Crippen LogP contribution in [0.5, 0.6) is 0 Å². The molecule has 2 rings (SSSR count). The zero-order chi connectivity index (χ0) is 12.3. The van der Waals surface area contributed by atoms with Crippen LogP contribution in [0.4, 0.5) is 5.82 Å². The SMILES string of the molecule is NNC(c1ccc(Br)cn1)c1cccnc1N. The molecular formula is C11H12BrN5. The molecule has 0 saturated carbocycles. The van der Waals surface area contributed by atoms with Crippen LogP contribution in [0.3, 0.4) is 0 Å². The van der Waals surface area contributed by atoms with E-state index < -0.39 is 0 Å². The van der Waals surface area contributed by atoms with Crippen molar-refractivity contribution in [2.24, 2.45) is 5.84 Å². The van der Waals surface area contributed by atoms with Crippen molar-refractivity contribution in [3.63, 3.8) is 0 Å². The van der Waals surface area contributed by atoms with E-state index in [9.17, 15) is 0 Å². The minimum atomic E-state index is -0.267. The van der Waals surface area contributed by atoms with E-state index in [1.54, 1.807) is 12.4 Å². The maximum Gasteiger partial charge on any atom is 0.128 e. The second-order valence-electron chi connectivity index (χ2n) is 3.48. The Hall–Kier alpha value is -1.50. The highest BCUT2D eigenvalue weighted by Gasteiger charge is 2.16. The van der Waals surface area contributed by atoms with Gasteiger partial charge in [0.05, 0.1) is 11.7 Å². The topological polar surface area (TPSA) is 89.8 Å². The van der Waals surface area contributed by atoms with Crippen molar-refractivity contribution < 1.29 is 0 Å². The number of nitrogen functional groups attached to an aromatic ring is 1. The lowest BCUT2D eigenvalue weighted by atomic mass is 10.0. The maximum atomic E-state index is 5.82. The second-order valence-corrected chi connectivity index (χ2v) is 4.39. The fourth-order valence-electron chi connectivity index (χ4n) is 1.57. The van der Waals surface area contributed by atoms with Crippen LogP contribution in [0.15, 0.2) is 41.1 Å². The van der Waals surface area contributed by atoms with Crippen molar-refractivity contribution in [1.29, 1.82) is 0 Å². The molecular weight excluding hydrogens is 282 g/mol. The summed E-state index contributed by atoms with van der Waals surface area (Å²) in [6, 6.07) is 7.20. The van der Waals surface area contributed by atoms with E-state index in [1.807, 2.05) is 24.3 Å². The van der Waals surface area contributed by atoms with E-state index in [2.05, 4.69) is 31.3 Å². The van der Waals surface area contributed by atoms with E-state index in [0.717, 1.165) is 15.7 Å². The van der Waals surface area contributed by atoms with Gasteiger partial charge in [-0.3, -0.25) is 10.8 Å². The lowest BCUT2D eigenvalue weighted by Crippen LogP contribution is -2.30. The standard InChI is InChI=1S/C11H12BrN5/c12-7-3-4-9(16-6-7)10(17-14)8-2-1-5-15-11(8)13/h1-6,10,17H,14H2,(H2,13,15). The van der Waals surface area contributed by atoms with Crippen molar-refractivity contribution in [2.45, 2.75) is 6.04 Å². The molecule has 0 spiro atoms. The third kappa shape index (κ3) is 2.60. The third-order valence-electron chi connectivity index (χ3n) is 2.39. The number of nitrogens with two attached hydrogens (primary N) is 2. The highest BCUT2D eigenvalue weighted by molar-refractivity contribution is 9.10. The summed E-state index contributed by atoms with van der Waals surface area (Å²) in [4.78, 5) is 8.33. The molecule has 0 fully saturated rings. The number of hydrogen-bond acceptors (Lipinski definition) is 5. The summed E-state index contributed by atoms with van der Waals surface area (Å²) in [6.45, 7) is 0. The van der Waals surface area contributed by atoms with E-state index >= 15 is 0 Å². The molecule has 0 aliphatic carbocycles. The highest BCUT2D eigenvalue weighted by Crippen LogP contribution is 2.23. The Morgan fingerprint density at radius 2 is 2.06 bits per heavy atom. The first-order valence-corrected chi connectivity index (χ1v) is 5.79. The van der Waals surface area contributed by atoms with E-state index in [4.69, 9.17) is 11.6 Å². The van der Waals surface area contributed by atoms with Crippen molar-refractivity contribution >= 4 is 21.7 Å². The summed E-state index contributed by atoms with van der Waals surface area (Å²) >= 11 is 3.34. The molecule has 0 saturated heterocycles. The summed E-state index contributed by atoms with van der Waals surface area (Å²) in [7, 11) is 0. The van der Waals surface area contributed by atoms with Crippen LogP contribution in [0.2, 0.25) is 0 Å². The number of hydrazine groups is 1. The fourth-order valence-corrected chi connectivity index (χ4v) is 1.80. The third-order valence-corrected chi connectivity index (χ3v) is 2.86. The summed E-state index contributed by atoms with van der Waals surface area (Å²) in [5, 5.41) is 0. The molecule has 0 radical (unpaired) electrons. The van der Waals surface area contributed by atoms with Gasteiger partial charge in [-0.1, -0.05) is 6.07 Å². The van der Waals surface area contributed by atoms with Gasteiger partial charge < -0.3 is 5.73 Å². The Morgan fingerprint density at radius 3 is 2.65 bits per heavy atom. The number of nitrogens with one attached hydrogen (secondary N) is 1. The number of halogens is 1.